The van der Waals surface area contributed by atoms with E-state index in [0.717, 1.165) is 17.5 Å². The molecule has 122 valence electrons. The van der Waals surface area contributed by atoms with Crippen LogP contribution in [0.25, 0.3) is 0 Å². The van der Waals surface area contributed by atoms with Gasteiger partial charge in [0.15, 0.2) is 11.5 Å². The van der Waals surface area contributed by atoms with E-state index in [-0.39, 0.29) is 4.90 Å². The van der Waals surface area contributed by atoms with Crippen molar-refractivity contribution in [1.29, 1.82) is 0 Å². The Balaban J connectivity index is 1.93. The summed E-state index contributed by atoms with van der Waals surface area (Å²) in [5.41, 5.74) is 1.69. The molecule has 5 nitrogen and oxygen atoms in total. The van der Waals surface area contributed by atoms with Gasteiger partial charge >= 0.3 is 10.1 Å². The van der Waals surface area contributed by atoms with Crippen molar-refractivity contribution in [1.82, 2.24) is 0 Å². The molecule has 0 aromatic heterocycles. The summed E-state index contributed by atoms with van der Waals surface area (Å²) in [4.78, 5) is 0.0441. The van der Waals surface area contributed by atoms with Crippen LogP contribution in [0.1, 0.15) is 17.5 Å². The summed E-state index contributed by atoms with van der Waals surface area (Å²) in [6.07, 6.45) is 0.760. The lowest BCUT2D eigenvalue weighted by Gasteiger charge is -2.12. The summed E-state index contributed by atoms with van der Waals surface area (Å²) in [7, 11) is -3.93. The first-order chi connectivity index (χ1) is 11.0. The van der Waals surface area contributed by atoms with Crippen LogP contribution in [0, 0.1) is 13.8 Å². The second-order valence-corrected chi connectivity index (χ2v) is 7.01. The normalized spacial score (nSPS) is 14.2. The molecule has 0 radical (unpaired) electrons. The molecule has 0 unspecified atom stereocenters. The van der Waals surface area contributed by atoms with Gasteiger partial charge in [0.05, 0.1) is 13.2 Å². The summed E-state index contributed by atoms with van der Waals surface area (Å²) in [5.74, 6) is 1.30. The summed E-state index contributed by atoms with van der Waals surface area (Å²) in [6.45, 7) is 4.73. The highest BCUT2D eigenvalue weighted by Crippen LogP contribution is 2.33. The topological polar surface area (TPSA) is 61.8 Å². The fourth-order valence-electron chi connectivity index (χ4n) is 2.26. The third kappa shape index (κ3) is 3.42. The zero-order valence-corrected chi connectivity index (χ0v) is 13.9. The van der Waals surface area contributed by atoms with Crippen LogP contribution in [0.4, 0.5) is 0 Å². The summed E-state index contributed by atoms with van der Waals surface area (Å²) >= 11 is 0. The molecule has 0 atom stereocenters. The van der Waals surface area contributed by atoms with E-state index in [4.69, 9.17) is 13.7 Å². The molecule has 6 heteroatoms. The van der Waals surface area contributed by atoms with Gasteiger partial charge in [0.1, 0.15) is 10.6 Å². The SMILES string of the molecule is Cc1ccc(C)c(OS(=O)(=O)c2ccc3c(c2)OCCCO3)c1. The highest BCUT2D eigenvalue weighted by atomic mass is 32.2. The smallest absolute Gasteiger partial charge is 0.339 e. The van der Waals surface area contributed by atoms with Crippen molar-refractivity contribution in [3.05, 3.63) is 47.5 Å². The Morgan fingerprint density at radius 2 is 1.70 bits per heavy atom. The van der Waals surface area contributed by atoms with Gasteiger partial charge in [-0.1, -0.05) is 12.1 Å². The third-order valence-electron chi connectivity index (χ3n) is 3.55. The molecule has 0 saturated heterocycles. The van der Waals surface area contributed by atoms with E-state index < -0.39 is 10.1 Å². The standard InChI is InChI=1S/C17H18O5S/c1-12-4-5-13(2)16(10-12)22-23(18,19)14-6-7-15-17(11-14)21-9-3-8-20-15/h4-7,10-11H,3,8-9H2,1-2H3. The lowest BCUT2D eigenvalue weighted by molar-refractivity contribution is 0.296. The maximum absolute atomic E-state index is 12.5. The largest absolute Gasteiger partial charge is 0.490 e. The number of aryl methyl sites for hydroxylation is 2. The molecule has 1 heterocycles. The number of hydrogen-bond donors (Lipinski definition) is 0. The number of hydrogen-bond acceptors (Lipinski definition) is 5. The van der Waals surface area contributed by atoms with Crippen molar-refractivity contribution in [2.45, 2.75) is 25.2 Å². The van der Waals surface area contributed by atoms with Crippen LogP contribution in [-0.4, -0.2) is 21.6 Å². The predicted molar refractivity (Wildman–Crippen MR) is 85.8 cm³/mol. The molecule has 0 N–H and O–H groups in total. The van der Waals surface area contributed by atoms with Crippen LogP contribution in [0.15, 0.2) is 41.3 Å². The van der Waals surface area contributed by atoms with Gasteiger partial charge in [0.25, 0.3) is 0 Å². The highest BCUT2D eigenvalue weighted by Gasteiger charge is 2.21. The Bertz CT molecular complexity index is 827. The summed E-state index contributed by atoms with van der Waals surface area (Å²) < 4.78 is 41.4. The van der Waals surface area contributed by atoms with Crippen molar-refractivity contribution < 1.29 is 22.1 Å². The first-order valence-electron chi connectivity index (χ1n) is 7.37. The quantitative estimate of drug-likeness (QED) is 0.807. The van der Waals surface area contributed by atoms with Gasteiger partial charge in [-0.25, -0.2) is 0 Å². The Labute approximate surface area is 135 Å². The molecule has 1 aliphatic rings. The van der Waals surface area contributed by atoms with Crippen molar-refractivity contribution in [3.8, 4) is 17.2 Å². The first kappa shape index (κ1) is 15.7. The average Bonchev–Trinajstić information content (AvgIpc) is 2.75. The summed E-state index contributed by atoms with van der Waals surface area (Å²) in [5, 5.41) is 0. The van der Waals surface area contributed by atoms with Crippen LogP contribution in [0.3, 0.4) is 0 Å². The molecule has 2 aromatic carbocycles. The zero-order chi connectivity index (χ0) is 16.4. The second kappa shape index (κ2) is 6.12. The minimum Gasteiger partial charge on any atom is -0.490 e. The van der Waals surface area contributed by atoms with Crippen LogP contribution >= 0.6 is 0 Å². The Hall–Kier alpha value is -2.21. The van der Waals surface area contributed by atoms with Crippen LogP contribution in [0.2, 0.25) is 0 Å². The Morgan fingerprint density at radius 1 is 0.957 bits per heavy atom. The van der Waals surface area contributed by atoms with Crippen molar-refractivity contribution in [2.75, 3.05) is 13.2 Å². The van der Waals surface area contributed by atoms with Crippen LogP contribution < -0.4 is 13.7 Å². The molecule has 0 amide bonds. The van der Waals surface area contributed by atoms with Crippen LogP contribution in [-0.2, 0) is 10.1 Å². The van der Waals surface area contributed by atoms with Gasteiger partial charge in [-0.15, -0.1) is 0 Å². The van der Waals surface area contributed by atoms with E-state index in [9.17, 15) is 8.42 Å². The average molecular weight is 334 g/mol. The van der Waals surface area contributed by atoms with Crippen molar-refractivity contribution in [2.24, 2.45) is 0 Å². The number of ether oxygens (including phenoxy) is 2. The predicted octanol–water partition coefficient (Wildman–Crippen LogP) is 3.23. The Kier molecular flexibility index (Phi) is 4.17. The molecule has 0 saturated carbocycles. The molecule has 0 fully saturated rings. The Morgan fingerprint density at radius 3 is 2.48 bits per heavy atom. The monoisotopic (exact) mass is 334 g/mol. The van der Waals surface area contributed by atoms with Crippen LogP contribution in [0.5, 0.6) is 17.2 Å². The zero-order valence-electron chi connectivity index (χ0n) is 13.0. The molecule has 0 bridgehead atoms. The van der Waals surface area contributed by atoms with E-state index in [2.05, 4.69) is 0 Å². The van der Waals surface area contributed by atoms with Gasteiger partial charge in [0.2, 0.25) is 0 Å². The first-order valence-corrected chi connectivity index (χ1v) is 8.78. The molecule has 2 aromatic rings. The maximum Gasteiger partial charge on any atom is 0.339 e. The number of rotatable bonds is 3. The fraction of sp³-hybridized carbons (Fsp3) is 0.294. The third-order valence-corrected chi connectivity index (χ3v) is 4.78. The lowest BCUT2D eigenvalue weighted by Crippen LogP contribution is -2.11. The van der Waals surface area contributed by atoms with E-state index in [1.165, 1.54) is 12.1 Å². The molecule has 0 aliphatic carbocycles. The molecule has 1 aliphatic heterocycles. The van der Waals surface area contributed by atoms with E-state index in [1.54, 1.807) is 19.1 Å². The molecule has 3 rings (SSSR count). The fourth-order valence-corrected chi connectivity index (χ4v) is 3.26. The van der Waals surface area contributed by atoms with Gasteiger partial charge in [-0.2, -0.15) is 8.42 Å². The highest BCUT2D eigenvalue weighted by molar-refractivity contribution is 7.87. The number of benzene rings is 2. The summed E-state index contributed by atoms with van der Waals surface area (Å²) in [6, 6.07) is 9.95. The maximum atomic E-state index is 12.5. The molecular formula is C17H18O5S. The molecule has 23 heavy (non-hydrogen) atoms. The minimum absolute atomic E-state index is 0.0441. The number of fused-ring (bicyclic) bond motifs is 1. The second-order valence-electron chi connectivity index (χ2n) is 5.47. The van der Waals surface area contributed by atoms with Crippen molar-refractivity contribution in [3.63, 3.8) is 0 Å². The minimum atomic E-state index is -3.93. The molecular weight excluding hydrogens is 316 g/mol. The van der Waals surface area contributed by atoms with Crippen molar-refractivity contribution >= 4 is 10.1 Å². The van der Waals surface area contributed by atoms with E-state index >= 15 is 0 Å². The van der Waals surface area contributed by atoms with Gasteiger partial charge in [-0.3, -0.25) is 0 Å². The van der Waals surface area contributed by atoms with Gasteiger partial charge in [0, 0.05) is 12.5 Å². The lowest BCUT2D eigenvalue weighted by atomic mass is 10.1. The van der Waals surface area contributed by atoms with E-state index in [0.29, 0.717) is 30.5 Å². The van der Waals surface area contributed by atoms with Gasteiger partial charge < -0.3 is 13.7 Å². The van der Waals surface area contributed by atoms with E-state index in [1.807, 2.05) is 19.1 Å². The van der Waals surface area contributed by atoms with Gasteiger partial charge in [-0.05, 0) is 43.2 Å². The molecule has 0 spiro atoms.